The van der Waals surface area contributed by atoms with E-state index >= 15 is 0 Å². The standard InChI is InChI=1S/C18H20FN5O2S/c1-3-5-8-20-16(25)18-24-14-15(21-10-22-17(14)27-18)23-12-7-6-11(19)9-13(12)26-4-2/h6-7,9-10H,3-5,8H2,1-2H3,(H,20,25)(H,21,22,23). The number of ether oxygens (including phenoxy) is 1. The number of halogens is 1. The van der Waals surface area contributed by atoms with Crippen LogP contribution in [0.5, 0.6) is 5.75 Å². The molecule has 2 heterocycles. The van der Waals surface area contributed by atoms with Crippen LogP contribution in [0.15, 0.2) is 24.5 Å². The molecule has 0 spiro atoms. The van der Waals surface area contributed by atoms with Gasteiger partial charge in [0.05, 0.1) is 12.3 Å². The molecule has 7 nitrogen and oxygen atoms in total. The second-order valence-electron chi connectivity index (χ2n) is 5.70. The zero-order valence-electron chi connectivity index (χ0n) is 15.1. The molecular formula is C18H20FN5O2S. The van der Waals surface area contributed by atoms with Gasteiger partial charge in [0.15, 0.2) is 10.8 Å². The molecule has 0 fully saturated rings. The molecule has 0 radical (unpaired) electrons. The van der Waals surface area contributed by atoms with Gasteiger partial charge >= 0.3 is 0 Å². The molecule has 0 aliphatic rings. The van der Waals surface area contributed by atoms with Crippen LogP contribution in [-0.2, 0) is 0 Å². The monoisotopic (exact) mass is 389 g/mol. The van der Waals surface area contributed by atoms with Crippen molar-refractivity contribution in [3.8, 4) is 5.75 Å². The van der Waals surface area contributed by atoms with Gasteiger partial charge in [-0.25, -0.2) is 19.3 Å². The van der Waals surface area contributed by atoms with Gasteiger partial charge in [-0.15, -0.1) is 0 Å². The molecule has 0 atom stereocenters. The van der Waals surface area contributed by atoms with Gasteiger partial charge in [-0.1, -0.05) is 24.7 Å². The Balaban J connectivity index is 1.88. The molecular weight excluding hydrogens is 369 g/mol. The van der Waals surface area contributed by atoms with E-state index in [-0.39, 0.29) is 5.91 Å². The summed E-state index contributed by atoms with van der Waals surface area (Å²) < 4.78 is 19.0. The third kappa shape index (κ3) is 4.48. The van der Waals surface area contributed by atoms with Crippen LogP contribution in [0.4, 0.5) is 15.9 Å². The fraction of sp³-hybridized carbons (Fsp3) is 0.333. The Hall–Kier alpha value is -2.81. The first-order valence-corrected chi connectivity index (χ1v) is 9.53. The summed E-state index contributed by atoms with van der Waals surface area (Å²) in [4.78, 5) is 25.6. The second-order valence-corrected chi connectivity index (χ2v) is 6.68. The van der Waals surface area contributed by atoms with Crippen molar-refractivity contribution >= 4 is 39.1 Å². The summed E-state index contributed by atoms with van der Waals surface area (Å²) >= 11 is 1.20. The largest absolute Gasteiger partial charge is 0.492 e. The van der Waals surface area contributed by atoms with Gasteiger partial charge in [-0.2, -0.15) is 0 Å². The van der Waals surface area contributed by atoms with E-state index in [4.69, 9.17) is 4.74 Å². The van der Waals surface area contributed by atoms with Crippen molar-refractivity contribution in [2.24, 2.45) is 0 Å². The summed E-state index contributed by atoms with van der Waals surface area (Å²) in [7, 11) is 0. The van der Waals surface area contributed by atoms with Gasteiger partial charge in [0.1, 0.15) is 28.2 Å². The number of benzene rings is 1. The molecule has 0 aliphatic heterocycles. The Labute approximate surface area is 160 Å². The number of nitrogens with one attached hydrogen (secondary N) is 2. The van der Waals surface area contributed by atoms with Gasteiger partial charge in [-0.3, -0.25) is 4.79 Å². The normalized spacial score (nSPS) is 10.8. The molecule has 0 bridgehead atoms. The minimum atomic E-state index is -0.392. The number of hydrogen-bond acceptors (Lipinski definition) is 7. The van der Waals surface area contributed by atoms with Gasteiger partial charge in [0.25, 0.3) is 5.91 Å². The number of rotatable bonds is 8. The number of anilines is 2. The predicted octanol–water partition coefficient (Wildman–Crippen LogP) is 3.90. The number of carbonyl (C=O) groups excluding carboxylic acids is 1. The van der Waals surface area contributed by atoms with Crippen LogP contribution in [0.25, 0.3) is 10.3 Å². The summed E-state index contributed by atoms with van der Waals surface area (Å²) in [5.41, 5.74) is 1.04. The van der Waals surface area contributed by atoms with Crippen molar-refractivity contribution in [3.63, 3.8) is 0 Å². The third-order valence-electron chi connectivity index (χ3n) is 3.70. The van der Waals surface area contributed by atoms with Crippen LogP contribution in [0.3, 0.4) is 0 Å². The quantitative estimate of drug-likeness (QED) is 0.568. The van der Waals surface area contributed by atoms with E-state index in [1.54, 1.807) is 6.07 Å². The minimum absolute atomic E-state index is 0.228. The van der Waals surface area contributed by atoms with Crippen molar-refractivity contribution < 1.29 is 13.9 Å². The highest BCUT2D eigenvalue weighted by atomic mass is 32.1. The highest BCUT2D eigenvalue weighted by Gasteiger charge is 2.17. The molecule has 2 aromatic heterocycles. The number of fused-ring (bicyclic) bond motifs is 1. The SMILES string of the molecule is CCCCNC(=O)c1nc2c(Nc3ccc(F)cc3OCC)ncnc2s1. The second kappa shape index (κ2) is 8.72. The molecule has 142 valence electrons. The van der Waals surface area contributed by atoms with Crippen molar-refractivity contribution in [3.05, 3.63) is 35.4 Å². The first-order chi connectivity index (χ1) is 13.1. The Bertz CT molecular complexity index is 947. The van der Waals surface area contributed by atoms with E-state index in [9.17, 15) is 9.18 Å². The van der Waals surface area contributed by atoms with Crippen LogP contribution in [0.1, 0.15) is 36.5 Å². The predicted molar refractivity (Wildman–Crippen MR) is 103 cm³/mol. The minimum Gasteiger partial charge on any atom is -0.492 e. The Morgan fingerprint density at radius 2 is 2.15 bits per heavy atom. The van der Waals surface area contributed by atoms with Crippen LogP contribution in [0.2, 0.25) is 0 Å². The zero-order valence-corrected chi connectivity index (χ0v) is 15.9. The third-order valence-corrected chi connectivity index (χ3v) is 4.66. The number of nitrogens with zero attached hydrogens (tertiary/aromatic N) is 3. The van der Waals surface area contributed by atoms with Gasteiger partial charge in [0, 0.05) is 12.6 Å². The average molecular weight is 389 g/mol. The molecule has 1 amide bonds. The summed E-state index contributed by atoms with van der Waals surface area (Å²) in [6.07, 6.45) is 3.30. The lowest BCUT2D eigenvalue weighted by Crippen LogP contribution is -2.24. The number of thiazole rings is 1. The molecule has 9 heteroatoms. The van der Waals surface area contributed by atoms with E-state index in [1.807, 2.05) is 6.92 Å². The topological polar surface area (TPSA) is 89.0 Å². The first-order valence-electron chi connectivity index (χ1n) is 8.71. The van der Waals surface area contributed by atoms with Crippen molar-refractivity contribution in [1.29, 1.82) is 0 Å². The maximum absolute atomic E-state index is 13.5. The zero-order chi connectivity index (χ0) is 19.2. The summed E-state index contributed by atoms with van der Waals surface area (Å²) in [6.45, 7) is 4.89. The van der Waals surface area contributed by atoms with Gasteiger partial charge < -0.3 is 15.4 Å². The van der Waals surface area contributed by atoms with Crippen molar-refractivity contribution in [1.82, 2.24) is 20.3 Å². The molecule has 3 aromatic rings. The first kappa shape index (κ1) is 19.0. The van der Waals surface area contributed by atoms with E-state index in [2.05, 4.69) is 32.5 Å². The number of unbranched alkanes of at least 4 members (excludes halogenated alkanes) is 1. The molecule has 2 N–H and O–H groups in total. The molecule has 0 unspecified atom stereocenters. The number of carbonyl (C=O) groups is 1. The fourth-order valence-electron chi connectivity index (χ4n) is 2.40. The molecule has 0 saturated heterocycles. The molecule has 27 heavy (non-hydrogen) atoms. The van der Waals surface area contributed by atoms with Crippen LogP contribution in [0, 0.1) is 5.82 Å². The summed E-state index contributed by atoms with van der Waals surface area (Å²) in [5, 5.41) is 6.27. The highest BCUT2D eigenvalue weighted by molar-refractivity contribution is 7.19. The van der Waals surface area contributed by atoms with Crippen molar-refractivity contribution in [2.75, 3.05) is 18.5 Å². The molecule has 3 rings (SSSR count). The molecule has 0 saturated carbocycles. The van der Waals surface area contributed by atoms with Gasteiger partial charge in [0.2, 0.25) is 0 Å². The Morgan fingerprint density at radius 3 is 2.93 bits per heavy atom. The van der Waals surface area contributed by atoms with E-state index in [0.717, 1.165) is 12.8 Å². The number of aromatic nitrogens is 3. The lowest BCUT2D eigenvalue weighted by molar-refractivity contribution is 0.0953. The maximum atomic E-state index is 13.5. The Kier molecular flexibility index (Phi) is 6.12. The lowest BCUT2D eigenvalue weighted by Gasteiger charge is -2.12. The van der Waals surface area contributed by atoms with Gasteiger partial charge in [-0.05, 0) is 25.5 Å². The highest BCUT2D eigenvalue weighted by Crippen LogP contribution is 2.31. The van der Waals surface area contributed by atoms with E-state index < -0.39 is 5.82 Å². The number of amides is 1. The molecule has 0 aliphatic carbocycles. The van der Waals surface area contributed by atoms with E-state index in [1.165, 1.54) is 29.8 Å². The van der Waals surface area contributed by atoms with E-state index in [0.29, 0.717) is 45.8 Å². The van der Waals surface area contributed by atoms with Crippen molar-refractivity contribution in [2.45, 2.75) is 26.7 Å². The average Bonchev–Trinajstić information content (AvgIpc) is 3.10. The Morgan fingerprint density at radius 1 is 1.30 bits per heavy atom. The number of hydrogen-bond donors (Lipinski definition) is 2. The van der Waals surface area contributed by atoms with Crippen LogP contribution >= 0.6 is 11.3 Å². The lowest BCUT2D eigenvalue weighted by atomic mass is 10.2. The summed E-state index contributed by atoms with van der Waals surface area (Å²) in [6, 6.07) is 4.20. The van der Waals surface area contributed by atoms with Crippen LogP contribution in [-0.4, -0.2) is 34.0 Å². The fourth-order valence-corrected chi connectivity index (χ4v) is 3.22. The van der Waals surface area contributed by atoms with Crippen LogP contribution < -0.4 is 15.4 Å². The smallest absolute Gasteiger partial charge is 0.280 e. The summed E-state index contributed by atoms with van der Waals surface area (Å²) in [5.74, 6) is 0.180. The maximum Gasteiger partial charge on any atom is 0.280 e. The molecule has 1 aromatic carbocycles.